The van der Waals surface area contributed by atoms with E-state index in [2.05, 4.69) is 10.6 Å². The van der Waals surface area contributed by atoms with Crippen LogP contribution in [0.4, 0.5) is 4.79 Å². The van der Waals surface area contributed by atoms with Crippen molar-refractivity contribution in [2.75, 3.05) is 0 Å². The zero-order valence-electron chi connectivity index (χ0n) is 24.2. The maximum absolute atomic E-state index is 14.8. The zero-order chi connectivity index (χ0) is 30.9. The first-order valence-corrected chi connectivity index (χ1v) is 16.3. The highest BCUT2D eigenvalue weighted by atomic mass is 35.5. The minimum atomic E-state index is -3.94. The van der Waals surface area contributed by atoms with Crippen LogP contribution in [0.15, 0.2) is 78.9 Å². The Hall–Kier alpha value is -3.12. The number of hydrogen-bond donors (Lipinski definition) is 2. The third-order valence-electron chi connectivity index (χ3n) is 6.54. The van der Waals surface area contributed by atoms with Crippen molar-refractivity contribution < 1.29 is 23.7 Å². The van der Waals surface area contributed by atoms with Gasteiger partial charge in [-0.15, -0.1) is 0 Å². The minimum absolute atomic E-state index is 0.0181. The summed E-state index contributed by atoms with van der Waals surface area (Å²) in [5, 5.41) is 6.92. The Morgan fingerprint density at radius 2 is 1.19 bits per heavy atom. The molecule has 3 aromatic rings. The fourth-order valence-electron chi connectivity index (χ4n) is 4.50. The SMILES string of the molecule is CC(C)CC(NC(=O)OCc1ccccc1)C(=O)N[C@H](CC(C)C)C(=O)P(=O)(c1ccc(Cl)cc1)c1ccc(Cl)cc1. The highest BCUT2D eigenvalue weighted by Gasteiger charge is 2.41. The van der Waals surface area contributed by atoms with Crippen molar-refractivity contribution in [3.63, 3.8) is 0 Å². The average molecular weight is 632 g/mol. The first-order valence-electron chi connectivity index (χ1n) is 13.8. The number of ether oxygens (including phenoxy) is 1. The largest absolute Gasteiger partial charge is 0.445 e. The summed E-state index contributed by atoms with van der Waals surface area (Å²) in [4.78, 5) is 40.5. The van der Waals surface area contributed by atoms with E-state index in [1.165, 1.54) is 0 Å². The smallest absolute Gasteiger partial charge is 0.408 e. The van der Waals surface area contributed by atoms with Gasteiger partial charge in [0.15, 0.2) is 0 Å². The zero-order valence-corrected chi connectivity index (χ0v) is 26.6. The van der Waals surface area contributed by atoms with E-state index < -0.39 is 36.8 Å². The Kier molecular flexibility index (Phi) is 12.2. The second kappa shape index (κ2) is 15.4. The van der Waals surface area contributed by atoms with Crippen LogP contribution in [0.3, 0.4) is 0 Å². The van der Waals surface area contributed by atoms with Gasteiger partial charge in [-0.3, -0.25) is 9.59 Å². The summed E-state index contributed by atoms with van der Waals surface area (Å²) in [6.45, 7) is 7.70. The molecule has 3 aromatic carbocycles. The lowest BCUT2D eigenvalue weighted by Crippen LogP contribution is -2.53. The third-order valence-corrected chi connectivity index (χ3v) is 10.0. The Morgan fingerprint density at radius 3 is 1.67 bits per heavy atom. The second-order valence-electron chi connectivity index (χ2n) is 11.0. The molecular formula is C32H37Cl2N2O5P. The van der Waals surface area contributed by atoms with Gasteiger partial charge in [0.2, 0.25) is 18.6 Å². The van der Waals surface area contributed by atoms with Crippen molar-refractivity contribution in [1.82, 2.24) is 10.6 Å². The van der Waals surface area contributed by atoms with Gasteiger partial charge in [0.1, 0.15) is 12.6 Å². The fraction of sp³-hybridized carbons (Fsp3) is 0.344. The molecule has 2 amide bonds. The predicted octanol–water partition coefficient (Wildman–Crippen LogP) is 6.71. The lowest BCUT2D eigenvalue weighted by atomic mass is 10.0. The van der Waals surface area contributed by atoms with Gasteiger partial charge in [-0.05, 0) is 78.8 Å². The molecule has 7 nitrogen and oxygen atoms in total. The predicted molar refractivity (Wildman–Crippen MR) is 169 cm³/mol. The lowest BCUT2D eigenvalue weighted by Gasteiger charge is -2.28. The van der Waals surface area contributed by atoms with Crippen LogP contribution in [-0.4, -0.2) is 29.6 Å². The number of alkyl carbamates (subject to hydrolysis) is 1. The number of nitrogens with one attached hydrogen (secondary N) is 2. The van der Waals surface area contributed by atoms with E-state index in [-0.39, 0.29) is 24.9 Å². The molecule has 0 bridgehead atoms. The lowest BCUT2D eigenvalue weighted by molar-refractivity contribution is -0.127. The van der Waals surface area contributed by atoms with Crippen LogP contribution in [0.5, 0.6) is 0 Å². The third kappa shape index (κ3) is 9.19. The number of halogens is 2. The molecule has 42 heavy (non-hydrogen) atoms. The molecule has 0 spiro atoms. The van der Waals surface area contributed by atoms with Crippen LogP contribution in [-0.2, 0) is 25.5 Å². The van der Waals surface area contributed by atoms with E-state index in [0.717, 1.165) is 5.56 Å². The van der Waals surface area contributed by atoms with Crippen molar-refractivity contribution in [2.45, 2.75) is 59.2 Å². The molecule has 0 saturated heterocycles. The summed E-state index contributed by atoms with van der Waals surface area (Å²) in [6, 6.07) is 19.7. The van der Waals surface area contributed by atoms with Crippen LogP contribution in [0, 0.1) is 11.8 Å². The van der Waals surface area contributed by atoms with Crippen molar-refractivity contribution in [2.24, 2.45) is 11.8 Å². The Labute approximate surface area is 257 Å². The normalized spacial score (nSPS) is 13.0. The summed E-state index contributed by atoms with van der Waals surface area (Å²) in [5.74, 6) is -0.530. The molecular weight excluding hydrogens is 594 g/mol. The first kappa shape index (κ1) is 33.4. The highest BCUT2D eigenvalue weighted by molar-refractivity contribution is 7.93. The van der Waals surface area contributed by atoms with Crippen molar-refractivity contribution in [3.8, 4) is 0 Å². The maximum atomic E-state index is 14.8. The standard InChI is InChI=1S/C32H37Cl2N2O5P/c1-21(2)18-28(36-32(39)41-20-23-8-6-5-7-9-23)30(37)35-29(19-22(3)4)31(38)42(40,26-14-10-24(33)11-15-26)27-16-12-25(34)13-17-27/h5-17,21-22,28-29H,18-20H2,1-4H3,(H,35,37)(H,36,39)/t28?,29-/m1/s1. The van der Waals surface area contributed by atoms with E-state index >= 15 is 0 Å². The molecule has 0 radical (unpaired) electrons. The van der Waals surface area contributed by atoms with Gasteiger partial charge in [0, 0.05) is 20.7 Å². The molecule has 10 heteroatoms. The van der Waals surface area contributed by atoms with Gasteiger partial charge < -0.3 is 19.9 Å². The van der Waals surface area contributed by atoms with E-state index in [0.29, 0.717) is 27.1 Å². The Balaban J connectivity index is 1.89. The van der Waals surface area contributed by atoms with Crippen molar-refractivity contribution in [3.05, 3.63) is 94.5 Å². The van der Waals surface area contributed by atoms with E-state index in [1.54, 1.807) is 48.5 Å². The van der Waals surface area contributed by atoms with Gasteiger partial charge in [-0.1, -0.05) is 81.2 Å². The molecule has 0 aliphatic carbocycles. The number of rotatable bonds is 13. The number of carbonyl (C=O) groups excluding carboxylic acids is 3. The number of amides is 2. The van der Waals surface area contributed by atoms with Crippen LogP contribution < -0.4 is 21.2 Å². The van der Waals surface area contributed by atoms with Gasteiger partial charge in [-0.2, -0.15) is 0 Å². The van der Waals surface area contributed by atoms with Crippen LogP contribution >= 0.6 is 30.3 Å². The van der Waals surface area contributed by atoms with E-state index in [4.69, 9.17) is 27.9 Å². The van der Waals surface area contributed by atoms with E-state index in [9.17, 15) is 18.9 Å². The monoisotopic (exact) mass is 630 g/mol. The quantitative estimate of drug-likeness (QED) is 0.205. The molecule has 0 aromatic heterocycles. The van der Waals surface area contributed by atoms with Gasteiger partial charge in [-0.25, -0.2) is 4.79 Å². The van der Waals surface area contributed by atoms with Crippen molar-refractivity contribution >= 4 is 58.5 Å². The molecule has 0 aliphatic rings. The second-order valence-corrected chi connectivity index (χ2v) is 14.5. The molecule has 2 N–H and O–H groups in total. The van der Waals surface area contributed by atoms with Crippen LogP contribution in [0.1, 0.15) is 46.1 Å². The maximum Gasteiger partial charge on any atom is 0.408 e. The van der Waals surface area contributed by atoms with Crippen LogP contribution in [0.25, 0.3) is 0 Å². The summed E-state index contributed by atoms with van der Waals surface area (Å²) >= 11 is 12.2. The first-order chi connectivity index (χ1) is 19.9. The number of benzene rings is 3. The molecule has 0 saturated carbocycles. The summed E-state index contributed by atoms with van der Waals surface area (Å²) in [6.07, 6.45) is -0.205. The fourth-order valence-corrected chi connectivity index (χ4v) is 7.31. The summed E-state index contributed by atoms with van der Waals surface area (Å²) in [5.41, 5.74) is 0.185. The van der Waals surface area contributed by atoms with Crippen LogP contribution in [0.2, 0.25) is 10.0 Å². The molecule has 0 heterocycles. The van der Waals surface area contributed by atoms with Crippen molar-refractivity contribution in [1.29, 1.82) is 0 Å². The molecule has 2 atom stereocenters. The topological polar surface area (TPSA) is 102 Å². The van der Waals surface area contributed by atoms with Gasteiger partial charge in [0.05, 0.1) is 6.04 Å². The Morgan fingerprint density at radius 1 is 0.714 bits per heavy atom. The molecule has 224 valence electrons. The Bertz CT molecular complexity index is 1350. The molecule has 3 rings (SSSR count). The number of carbonyl (C=O) groups is 3. The molecule has 1 unspecified atom stereocenters. The van der Waals surface area contributed by atoms with Gasteiger partial charge >= 0.3 is 6.09 Å². The molecule has 0 fully saturated rings. The highest BCUT2D eigenvalue weighted by Crippen LogP contribution is 2.46. The average Bonchev–Trinajstić information content (AvgIpc) is 2.95. The van der Waals surface area contributed by atoms with E-state index in [1.807, 2.05) is 58.0 Å². The number of hydrogen-bond acceptors (Lipinski definition) is 5. The molecule has 0 aliphatic heterocycles. The summed E-state index contributed by atoms with van der Waals surface area (Å²) < 4.78 is 20.1. The van der Waals surface area contributed by atoms with Gasteiger partial charge in [0.25, 0.3) is 0 Å². The minimum Gasteiger partial charge on any atom is -0.445 e. The summed E-state index contributed by atoms with van der Waals surface area (Å²) in [7, 11) is -3.94.